The summed E-state index contributed by atoms with van der Waals surface area (Å²) >= 11 is 3.17. The highest BCUT2D eigenvalue weighted by atomic mass is 32.2. The zero-order valence-electron chi connectivity index (χ0n) is 4.44. The number of nitrogens with zero attached hydrogens (tertiary/aromatic N) is 2. The number of rotatable bonds is 1. The number of allylic oxidation sites excluding steroid dienone is 1. The first-order valence-corrected chi connectivity index (χ1v) is 4.15. The molecule has 44 valence electrons. The number of hydrogen-bond donors (Lipinski definition) is 0. The second kappa shape index (κ2) is 3.04. The van der Waals surface area contributed by atoms with Gasteiger partial charge in [-0.15, -0.1) is 0 Å². The molecule has 0 saturated carbocycles. The van der Waals surface area contributed by atoms with E-state index in [0.29, 0.717) is 0 Å². The van der Waals surface area contributed by atoms with E-state index < -0.39 is 0 Å². The Balaban J connectivity index is 2.40. The van der Waals surface area contributed by atoms with Gasteiger partial charge in [0.1, 0.15) is 0 Å². The lowest BCUT2D eigenvalue weighted by Gasteiger charge is -2.11. The highest BCUT2D eigenvalue weighted by Crippen LogP contribution is 2.21. The molecule has 0 N–H and O–H groups in total. The monoisotopic (exact) mass is 146 g/mol. The lowest BCUT2D eigenvalue weighted by atomic mass is 10.7. The van der Waals surface area contributed by atoms with Crippen LogP contribution in [-0.2, 0) is 0 Å². The molecule has 0 aromatic rings. The van der Waals surface area contributed by atoms with Gasteiger partial charge in [-0.3, -0.25) is 0 Å². The SMILES string of the molecule is CSN1N=CC=CS1. The maximum atomic E-state index is 4.00. The third kappa shape index (κ3) is 1.45. The van der Waals surface area contributed by atoms with Gasteiger partial charge in [0, 0.05) is 24.4 Å². The second-order valence-corrected chi connectivity index (χ2v) is 2.89. The Kier molecular flexibility index (Phi) is 2.29. The molecule has 0 amide bonds. The van der Waals surface area contributed by atoms with Gasteiger partial charge in [0.2, 0.25) is 0 Å². The molecule has 0 fully saturated rings. The van der Waals surface area contributed by atoms with Gasteiger partial charge in [-0.05, 0) is 23.4 Å². The summed E-state index contributed by atoms with van der Waals surface area (Å²) in [5.41, 5.74) is 0. The minimum Gasteiger partial charge on any atom is -0.176 e. The van der Waals surface area contributed by atoms with Gasteiger partial charge in [0.05, 0.1) is 0 Å². The Morgan fingerprint density at radius 3 is 3.00 bits per heavy atom. The second-order valence-electron chi connectivity index (χ2n) is 1.12. The minimum atomic E-state index is 1.58. The largest absolute Gasteiger partial charge is 0.176 e. The third-order valence-corrected chi connectivity index (χ3v) is 2.30. The lowest BCUT2D eigenvalue weighted by Crippen LogP contribution is -1.95. The van der Waals surface area contributed by atoms with Crippen LogP contribution in [0.2, 0.25) is 0 Å². The van der Waals surface area contributed by atoms with E-state index >= 15 is 0 Å². The average molecular weight is 146 g/mol. The molecule has 1 aliphatic rings. The summed E-state index contributed by atoms with van der Waals surface area (Å²) in [5.74, 6) is 0. The molecule has 8 heavy (non-hydrogen) atoms. The summed E-state index contributed by atoms with van der Waals surface area (Å²) in [6, 6.07) is 0. The molecule has 1 aliphatic heterocycles. The van der Waals surface area contributed by atoms with E-state index in [1.807, 2.05) is 21.6 Å². The molecule has 0 aliphatic carbocycles. The van der Waals surface area contributed by atoms with Crippen molar-refractivity contribution >= 4 is 30.1 Å². The van der Waals surface area contributed by atoms with Crippen molar-refractivity contribution in [3.8, 4) is 0 Å². The van der Waals surface area contributed by atoms with E-state index in [2.05, 4.69) is 5.10 Å². The van der Waals surface area contributed by atoms with Crippen LogP contribution in [0.15, 0.2) is 16.6 Å². The molecule has 0 saturated heterocycles. The molecule has 0 unspecified atom stereocenters. The topological polar surface area (TPSA) is 15.6 Å². The van der Waals surface area contributed by atoms with Crippen molar-refractivity contribution in [1.29, 1.82) is 0 Å². The van der Waals surface area contributed by atoms with Crippen LogP contribution in [0.3, 0.4) is 0 Å². The van der Waals surface area contributed by atoms with Crippen molar-refractivity contribution < 1.29 is 0 Å². The van der Waals surface area contributed by atoms with Gasteiger partial charge in [-0.1, -0.05) is 0 Å². The van der Waals surface area contributed by atoms with Gasteiger partial charge in [-0.2, -0.15) is 8.92 Å². The molecule has 0 spiro atoms. The summed E-state index contributed by atoms with van der Waals surface area (Å²) in [4.78, 5) is 0. The van der Waals surface area contributed by atoms with Crippen LogP contribution in [0.5, 0.6) is 0 Å². The zero-order chi connectivity index (χ0) is 5.82. The summed E-state index contributed by atoms with van der Waals surface area (Å²) in [6.07, 6.45) is 5.67. The van der Waals surface area contributed by atoms with Crippen LogP contribution in [-0.4, -0.2) is 16.3 Å². The Labute approximate surface area is 57.3 Å². The first-order chi connectivity index (χ1) is 3.93. The first kappa shape index (κ1) is 6.04. The Morgan fingerprint density at radius 1 is 1.75 bits per heavy atom. The van der Waals surface area contributed by atoms with Crippen molar-refractivity contribution in [3.05, 3.63) is 11.5 Å². The van der Waals surface area contributed by atoms with Crippen molar-refractivity contribution in [1.82, 2.24) is 3.82 Å². The van der Waals surface area contributed by atoms with Crippen LogP contribution < -0.4 is 0 Å². The van der Waals surface area contributed by atoms with Crippen LogP contribution in [0, 0.1) is 0 Å². The Bertz CT molecular complexity index is 121. The predicted molar refractivity (Wildman–Crippen MR) is 40.6 cm³/mol. The lowest BCUT2D eigenvalue weighted by molar-refractivity contribution is 0.834. The molecule has 0 atom stereocenters. The average Bonchev–Trinajstić information content (AvgIpc) is 1.90. The Hall–Kier alpha value is -0.0900. The quantitative estimate of drug-likeness (QED) is 0.524. The van der Waals surface area contributed by atoms with Gasteiger partial charge in [0.25, 0.3) is 0 Å². The standard InChI is InChI=1S/C4H6N2S2/c1-7-6-5-3-2-4-8-6/h2-4H,1H3. The van der Waals surface area contributed by atoms with E-state index in [4.69, 9.17) is 0 Å². The molecule has 0 bridgehead atoms. The molecule has 2 nitrogen and oxygen atoms in total. The van der Waals surface area contributed by atoms with E-state index in [1.165, 1.54) is 0 Å². The first-order valence-electron chi connectivity index (χ1n) is 2.13. The maximum absolute atomic E-state index is 4.00. The van der Waals surface area contributed by atoms with Gasteiger partial charge in [-0.25, -0.2) is 0 Å². The van der Waals surface area contributed by atoms with Gasteiger partial charge in [0.15, 0.2) is 0 Å². The minimum absolute atomic E-state index is 1.58. The van der Waals surface area contributed by atoms with Gasteiger partial charge >= 0.3 is 0 Å². The molecule has 0 aromatic carbocycles. The maximum Gasteiger partial charge on any atom is 0.0496 e. The number of hydrogen-bond acceptors (Lipinski definition) is 4. The third-order valence-electron chi connectivity index (χ3n) is 0.633. The summed E-state index contributed by atoms with van der Waals surface area (Å²) in [5, 5.41) is 5.98. The van der Waals surface area contributed by atoms with E-state index in [0.717, 1.165) is 0 Å². The van der Waals surface area contributed by atoms with Crippen molar-refractivity contribution in [2.45, 2.75) is 0 Å². The Morgan fingerprint density at radius 2 is 2.62 bits per heavy atom. The highest BCUT2D eigenvalue weighted by Gasteiger charge is 1.95. The van der Waals surface area contributed by atoms with E-state index in [-0.39, 0.29) is 0 Å². The van der Waals surface area contributed by atoms with E-state index in [9.17, 15) is 0 Å². The predicted octanol–water partition coefficient (Wildman–Crippen LogP) is 1.73. The fourth-order valence-corrected chi connectivity index (χ4v) is 1.33. The van der Waals surface area contributed by atoms with Crippen molar-refractivity contribution in [2.75, 3.05) is 6.26 Å². The number of hydrazone groups is 1. The van der Waals surface area contributed by atoms with Crippen molar-refractivity contribution in [3.63, 3.8) is 0 Å². The van der Waals surface area contributed by atoms with Crippen molar-refractivity contribution in [2.24, 2.45) is 5.10 Å². The van der Waals surface area contributed by atoms with Crippen LogP contribution in [0.1, 0.15) is 0 Å². The smallest absolute Gasteiger partial charge is 0.0496 e. The molecular weight excluding hydrogens is 140 g/mol. The molecule has 0 radical (unpaired) electrons. The van der Waals surface area contributed by atoms with Crippen LogP contribution >= 0.6 is 23.9 Å². The molecule has 1 rings (SSSR count). The molecule has 1 heterocycles. The van der Waals surface area contributed by atoms with Crippen LogP contribution in [0.4, 0.5) is 0 Å². The highest BCUT2D eigenvalue weighted by molar-refractivity contribution is 8.13. The fraction of sp³-hybridized carbons (Fsp3) is 0.250. The fourth-order valence-electron chi connectivity index (χ4n) is 0.333. The summed E-state index contributed by atoms with van der Waals surface area (Å²) in [6.45, 7) is 0. The molecule has 0 aromatic heterocycles. The zero-order valence-corrected chi connectivity index (χ0v) is 6.08. The van der Waals surface area contributed by atoms with Crippen LogP contribution in [0.25, 0.3) is 0 Å². The summed E-state index contributed by atoms with van der Waals surface area (Å²) in [7, 11) is 0. The van der Waals surface area contributed by atoms with Gasteiger partial charge < -0.3 is 0 Å². The molecule has 4 heteroatoms. The normalized spacial score (nSPS) is 17.4. The van der Waals surface area contributed by atoms with E-state index in [1.54, 1.807) is 30.1 Å². The summed E-state index contributed by atoms with van der Waals surface area (Å²) < 4.78 is 1.83. The molecular formula is C4H6N2S2.